The summed E-state index contributed by atoms with van der Waals surface area (Å²) in [6.45, 7) is 0. The molecule has 3 heteroatoms. The quantitative estimate of drug-likeness (QED) is 0.151. The zero-order valence-electron chi connectivity index (χ0n) is 30.7. The summed E-state index contributed by atoms with van der Waals surface area (Å²) in [4.78, 5) is 10.4. The predicted molar refractivity (Wildman–Crippen MR) is 234 cm³/mol. The normalized spacial score (nSPS) is 11.4. The third-order valence-electron chi connectivity index (χ3n) is 10.2. The van der Waals surface area contributed by atoms with Gasteiger partial charge in [-0.05, 0) is 73.5 Å². The Balaban J connectivity index is 1.18. The molecule has 264 valence electrons. The van der Waals surface area contributed by atoms with Crippen LogP contribution in [0.15, 0.2) is 218 Å². The molecule has 9 aromatic rings. The highest BCUT2D eigenvalue weighted by molar-refractivity contribution is 6.13. The summed E-state index contributed by atoms with van der Waals surface area (Å²) in [6.07, 6.45) is 1.99. The van der Waals surface area contributed by atoms with Crippen molar-refractivity contribution in [3.8, 4) is 56.2 Å². The van der Waals surface area contributed by atoms with Gasteiger partial charge in [-0.2, -0.15) is 0 Å². The summed E-state index contributed by atoms with van der Waals surface area (Å²) in [5.74, 6) is 0.666. The van der Waals surface area contributed by atoms with E-state index in [-0.39, 0.29) is 0 Å². The van der Waals surface area contributed by atoms with E-state index in [0.29, 0.717) is 11.5 Å². The molecule has 0 aliphatic rings. The van der Waals surface area contributed by atoms with E-state index in [1.54, 1.807) is 0 Å². The predicted octanol–water partition coefficient (Wildman–Crippen LogP) is 13.5. The van der Waals surface area contributed by atoms with Gasteiger partial charge in [-0.25, -0.2) is 9.97 Å². The van der Waals surface area contributed by atoms with Crippen LogP contribution in [0.3, 0.4) is 0 Å². The number of benzene rings is 8. The van der Waals surface area contributed by atoms with E-state index in [9.17, 15) is 0 Å². The van der Waals surface area contributed by atoms with Crippen molar-refractivity contribution >= 4 is 22.1 Å². The molecule has 0 saturated carbocycles. The van der Waals surface area contributed by atoms with Gasteiger partial charge >= 0.3 is 0 Å². The Kier molecular flexibility index (Phi) is 9.47. The van der Waals surface area contributed by atoms with Gasteiger partial charge in [0.05, 0.1) is 17.1 Å². The molecule has 0 bridgehead atoms. The average molecular weight is 716 g/mol. The third kappa shape index (κ3) is 7.22. The number of hydrogen-bond acceptors (Lipinski definition) is 3. The zero-order valence-corrected chi connectivity index (χ0v) is 30.7. The Morgan fingerprint density at radius 2 is 0.839 bits per heavy atom. The maximum atomic E-state index is 9.09. The van der Waals surface area contributed by atoms with Gasteiger partial charge in [0.2, 0.25) is 0 Å². The molecule has 0 radical (unpaired) electrons. The van der Waals surface area contributed by atoms with Crippen LogP contribution in [0.5, 0.6) is 0 Å². The number of nitrogens with zero attached hydrogens (tertiary/aromatic N) is 2. The first-order chi connectivity index (χ1) is 27.7. The summed E-state index contributed by atoms with van der Waals surface area (Å²) in [5, 5.41) is 11.3. The largest absolute Gasteiger partial charge is 0.300 e. The number of allylic oxidation sites excluding steroid dienone is 1. The lowest BCUT2D eigenvalue weighted by Crippen LogP contribution is -1.99. The summed E-state index contributed by atoms with van der Waals surface area (Å²) in [7, 11) is 0. The van der Waals surface area contributed by atoms with Crippen molar-refractivity contribution in [3.05, 3.63) is 235 Å². The van der Waals surface area contributed by atoms with Crippen LogP contribution in [-0.4, -0.2) is 15.7 Å². The fourth-order valence-electron chi connectivity index (χ4n) is 7.23. The number of fused-ring (bicyclic) bond motifs is 1. The minimum absolute atomic E-state index is 0.458. The number of hydrogen-bond donors (Lipinski definition) is 1. The fourth-order valence-corrected chi connectivity index (χ4v) is 7.23. The molecule has 3 nitrogen and oxygen atoms in total. The van der Waals surface area contributed by atoms with Gasteiger partial charge < -0.3 is 5.41 Å². The van der Waals surface area contributed by atoms with Crippen LogP contribution < -0.4 is 0 Å². The minimum Gasteiger partial charge on any atom is -0.300 e. The summed E-state index contributed by atoms with van der Waals surface area (Å²) in [6, 6.07) is 73.3. The van der Waals surface area contributed by atoms with Gasteiger partial charge in [0.1, 0.15) is 0 Å². The van der Waals surface area contributed by atoms with Gasteiger partial charge in [-0.3, -0.25) is 0 Å². The smallest absolute Gasteiger partial charge is 0.160 e. The van der Waals surface area contributed by atoms with Crippen molar-refractivity contribution in [3.63, 3.8) is 0 Å². The summed E-state index contributed by atoms with van der Waals surface area (Å²) < 4.78 is 0. The van der Waals surface area contributed by atoms with Crippen molar-refractivity contribution in [1.82, 2.24) is 9.97 Å². The van der Waals surface area contributed by atoms with Crippen molar-refractivity contribution in [2.75, 3.05) is 0 Å². The Bertz CT molecular complexity index is 2710. The lowest BCUT2D eigenvalue weighted by molar-refractivity contribution is 1.18. The molecule has 0 amide bonds. The summed E-state index contributed by atoms with van der Waals surface area (Å²) >= 11 is 0. The standard InChI is InChI=1S/C53H37N3/c54-50(43-20-11-4-12-21-43)35-49(41-18-9-3-10-19-41)47-23-13-22-42-28-33-46(34-48(42)47)52-36-51(44-29-24-39(25-30-44)37-14-5-1-6-15-37)55-53(56-52)45-31-26-40(27-32-45)38-16-7-2-8-17-38/h1-36,54H/b49-35-,54-50?. The van der Waals surface area contributed by atoms with Crippen molar-refractivity contribution in [1.29, 1.82) is 5.41 Å². The van der Waals surface area contributed by atoms with Crippen LogP contribution in [0.4, 0.5) is 0 Å². The molecule has 0 aliphatic carbocycles. The molecule has 1 aromatic heterocycles. The number of aromatic nitrogens is 2. The molecule has 0 atom stereocenters. The molecule has 0 spiro atoms. The van der Waals surface area contributed by atoms with E-state index in [2.05, 4.69) is 164 Å². The molecular weight excluding hydrogens is 679 g/mol. The minimum atomic E-state index is 0.458. The maximum absolute atomic E-state index is 9.09. The van der Waals surface area contributed by atoms with Gasteiger partial charge in [0, 0.05) is 16.7 Å². The van der Waals surface area contributed by atoms with Crippen LogP contribution in [-0.2, 0) is 0 Å². The molecule has 9 rings (SSSR count). The Labute approximate surface area is 327 Å². The van der Waals surface area contributed by atoms with Gasteiger partial charge in [-0.15, -0.1) is 0 Å². The molecule has 0 saturated heterocycles. The van der Waals surface area contributed by atoms with E-state index in [0.717, 1.165) is 72.2 Å². The SMILES string of the molecule is N=C(/C=C(/c1ccccc1)c1cccc2ccc(-c3cc(-c4ccc(-c5ccccc5)cc4)nc(-c4ccc(-c5ccccc5)cc4)n3)cc12)c1ccccc1. The van der Waals surface area contributed by atoms with Crippen LogP contribution >= 0.6 is 0 Å². The highest BCUT2D eigenvalue weighted by atomic mass is 14.9. The van der Waals surface area contributed by atoms with Crippen LogP contribution in [0.2, 0.25) is 0 Å². The Hall–Kier alpha value is -7.49. The highest BCUT2D eigenvalue weighted by Crippen LogP contribution is 2.35. The molecule has 0 unspecified atom stereocenters. The van der Waals surface area contributed by atoms with Gasteiger partial charge in [0.25, 0.3) is 0 Å². The second kappa shape index (κ2) is 15.5. The van der Waals surface area contributed by atoms with Crippen molar-refractivity contribution < 1.29 is 0 Å². The number of rotatable bonds is 9. The molecule has 8 aromatic carbocycles. The highest BCUT2D eigenvalue weighted by Gasteiger charge is 2.15. The molecule has 0 aliphatic heterocycles. The van der Waals surface area contributed by atoms with Crippen LogP contribution in [0, 0.1) is 5.41 Å². The maximum Gasteiger partial charge on any atom is 0.160 e. The fraction of sp³-hybridized carbons (Fsp3) is 0. The number of nitrogens with one attached hydrogen (secondary N) is 1. The van der Waals surface area contributed by atoms with Crippen molar-refractivity contribution in [2.24, 2.45) is 0 Å². The molecule has 0 fully saturated rings. The van der Waals surface area contributed by atoms with Gasteiger partial charge in [-0.1, -0.05) is 200 Å². The first-order valence-electron chi connectivity index (χ1n) is 18.8. The third-order valence-corrected chi connectivity index (χ3v) is 10.2. The second-order valence-corrected chi connectivity index (χ2v) is 13.8. The average Bonchev–Trinajstić information content (AvgIpc) is 3.29. The van der Waals surface area contributed by atoms with E-state index in [4.69, 9.17) is 15.4 Å². The monoisotopic (exact) mass is 715 g/mol. The Morgan fingerprint density at radius 3 is 1.43 bits per heavy atom. The topological polar surface area (TPSA) is 49.6 Å². The lowest BCUT2D eigenvalue weighted by Gasteiger charge is -2.15. The van der Waals surface area contributed by atoms with E-state index >= 15 is 0 Å². The molecular formula is C53H37N3. The molecule has 1 N–H and O–H groups in total. The van der Waals surface area contributed by atoms with Crippen LogP contribution in [0.25, 0.3) is 72.5 Å². The first-order valence-corrected chi connectivity index (χ1v) is 18.8. The van der Waals surface area contributed by atoms with E-state index in [1.165, 1.54) is 11.1 Å². The summed E-state index contributed by atoms with van der Waals surface area (Å²) in [5.41, 5.74) is 13.7. The van der Waals surface area contributed by atoms with Crippen molar-refractivity contribution in [2.45, 2.75) is 0 Å². The van der Waals surface area contributed by atoms with E-state index < -0.39 is 0 Å². The zero-order chi connectivity index (χ0) is 37.7. The van der Waals surface area contributed by atoms with E-state index in [1.807, 2.05) is 54.6 Å². The Morgan fingerprint density at radius 1 is 0.375 bits per heavy atom. The first kappa shape index (κ1) is 34.3. The molecule has 1 heterocycles. The lowest BCUT2D eigenvalue weighted by atomic mass is 9.90. The molecule has 56 heavy (non-hydrogen) atoms. The second-order valence-electron chi connectivity index (χ2n) is 13.8. The van der Waals surface area contributed by atoms with Crippen LogP contribution in [0.1, 0.15) is 16.7 Å². The van der Waals surface area contributed by atoms with Gasteiger partial charge in [0.15, 0.2) is 5.82 Å².